The quantitative estimate of drug-likeness (QED) is 0.484. The van der Waals surface area contributed by atoms with Gasteiger partial charge in [-0.05, 0) is 44.1 Å². The van der Waals surface area contributed by atoms with Gasteiger partial charge in [0.2, 0.25) is 0 Å². The minimum atomic E-state index is -4.68. The highest BCUT2D eigenvalue weighted by Crippen LogP contribution is 2.42. The van der Waals surface area contributed by atoms with E-state index in [1.54, 1.807) is 17.0 Å². The molecule has 1 aliphatic heterocycles. The maximum atomic E-state index is 14.3. The summed E-state index contributed by atoms with van der Waals surface area (Å²) in [5.41, 5.74) is 0.706. The van der Waals surface area contributed by atoms with Gasteiger partial charge in [-0.1, -0.05) is 42.8 Å². The fourth-order valence-electron chi connectivity index (χ4n) is 4.88. The number of rotatable bonds is 1. The predicted molar refractivity (Wildman–Crippen MR) is 115 cm³/mol. The van der Waals surface area contributed by atoms with E-state index in [1.807, 2.05) is 26.0 Å². The summed E-state index contributed by atoms with van der Waals surface area (Å²) in [6.07, 6.45) is -2.19. The number of hydrogen-bond donors (Lipinski definition) is 0. The van der Waals surface area contributed by atoms with Crippen molar-refractivity contribution in [1.82, 2.24) is 19.5 Å². The van der Waals surface area contributed by atoms with Crippen LogP contribution in [0, 0.1) is 5.92 Å². The molecule has 0 bridgehead atoms. The molecular formula is C23H22ClF3N4O. The van der Waals surface area contributed by atoms with Crippen molar-refractivity contribution in [3.63, 3.8) is 0 Å². The third kappa shape index (κ3) is 3.27. The van der Waals surface area contributed by atoms with E-state index in [9.17, 15) is 18.0 Å². The number of carbonyl (C=O) groups excluding carboxylic acids is 1. The first-order valence-electron chi connectivity index (χ1n) is 10.7. The Hall–Kier alpha value is -2.61. The summed E-state index contributed by atoms with van der Waals surface area (Å²) in [6.45, 7) is 4.50. The lowest BCUT2D eigenvalue weighted by atomic mass is 9.88. The fourth-order valence-corrected chi connectivity index (χ4v) is 5.12. The number of carbonyl (C=O) groups is 1. The Morgan fingerprint density at radius 3 is 2.66 bits per heavy atom. The van der Waals surface area contributed by atoms with Crippen LogP contribution in [-0.4, -0.2) is 38.0 Å². The summed E-state index contributed by atoms with van der Waals surface area (Å²) in [6, 6.07) is 7.26. The fraction of sp³-hybridized carbons (Fsp3) is 0.435. The molecule has 0 spiro atoms. The highest BCUT2D eigenvalue weighted by Gasteiger charge is 2.41. The molecule has 5 nitrogen and oxygen atoms in total. The summed E-state index contributed by atoms with van der Waals surface area (Å²) in [5, 5.41) is 3.95. The van der Waals surface area contributed by atoms with Crippen molar-refractivity contribution in [2.75, 3.05) is 6.54 Å². The second-order valence-corrected chi connectivity index (χ2v) is 9.21. The van der Waals surface area contributed by atoms with E-state index < -0.39 is 17.8 Å². The highest BCUT2D eigenvalue weighted by molar-refractivity contribution is 6.36. The van der Waals surface area contributed by atoms with Crippen LogP contribution in [0.25, 0.3) is 16.9 Å². The van der Waals surface area contributed by atoms with Gasteiger partial charge in [-0.25, -0.2) is 9.50 Å². The van der Waals surface area contributed by atoms with Crippen LogP contribution in [0.2, 0.25) is 5.02 Å². The van der Waals surface area contributed by atoms with Crippen molar-refractivity contribution < 1.29 is 18.0 Å². The largest absolute Gasteiger partial charge is 0.433 e. The molecule has 1 aliphatic carbocycles. The summed E-state index contributed by atoms with van der Waals surface area (Å²) >= 11 is 6.49. The van der Waals surface area contributed by atoms with Crippen LogP contribution < -0.4 is 0 Å². The zero-order valence-electron chi connectivity index (χ0n) is 17.7. The lowest BCUT2D eigenvalue weighted by Crippen LogP contribution is -2.45. The SMILES string of the molecule is C[C@@H]1CC[C@@H](C)N(C(=O)c2nn3c(C(F)(F)F)c4c(nc3c2Cl)-c2ccccc2CC4)C1. The van der Waals surface area contributed by atoms with E-state index in [0.717, 1.165) is 22.9 Å². The van der Waals surface area contributed by atoms with E-state index in [2.05, 4.69) is 10.1 Å². The number of alkyl halides is 3. The molecule has 3 heterocycles. The number of aryl methyl sites for hydroxylation is 1. The molecule has 2 aromatic heterocycles. The molecule has 1 saturated heterocycles. The van der Waals surface area contributed by atoms with Crippen molar-refractivity contribution in [3.8, 4) is 11.3 Å². The number of hydrogen-bond acceptors (Lipinski definition) is 3. The average Bonchev–Trinajstić information content (AvgIpc) is 3.08. The van der Waals surface area contributed by atoms with Crippen LogP contribution in [0.4, 0.5) is 13.2 Å². The zero-order chi connectivity index (χ0) is 22.8. The first-order chi connectivity index (χ1) is 15.2. The Bertz CT molecular complexity index is 1240. The Labute approximate surface area is 188 Å². The van der Waals surface area contributed by atoms with Gasteiger partial charge in [-0.15, -0.1) is 0 Å². The monoisotopic (exact) mass is 462 g/mol. The lowest BCUT2D eigenvalue weighted by Gasteiger charge is -2.36. The Balaban J connectivity index is 1.73. The number of fused-ring (bicyclic) bond motifs is 4. The van der Waals surface area contributed by atoms with Crippen LogP contribution in [0.5, 0.6) is 0 Å². The predicted octanol–water partition coefficient (Wildman–Crippen LogP) is 5.43. The maximum Gasteiger partial charge on any atom is 0.433 e. The van der Waals surface area contributed by atoms with E-state index >= 15 is 0 Å². The lowest BCUT2D eigenvalue weighted by molar-refractivity contribution is -0.143. The first-order valence-corrected chi connectivity index (χ1v) is 11.1. The number of benzene rings is 1. The molecule has 32 heavy (non-hydrogen) atoms. The number of halogens is 4. The summed E-state index contributed by atoms with van der Waals surface area (Å²) in [4.78, 5) is 19.5. The molecule has 2 aliphatic rings. The number of aromatic nitrogens is 3. The standard InChI is InChI=1S/C23H22ClF3N4O/c1-12-7-8-13(2)30(11-12)22(32)19-17(24)21-28-18-15-6-4-3-5-14(15)9-10-16(18)20(23(25,26)27)31(21)29-19/h3-6,12-13H,7-11H2,1-2H3/t12-,13-/m1/s1. The molecule has 0 radical (unpaired) electrons. The van der Waals surface area contributed by atoms with Crippen LogP contribution in [0.15, 0.2) is 24.3 Å². The molecule has 1 aromatic carbocycles. The van der Waals surface area contributed by atoms with E-state index in [4.69, 9.17) is 11.6 Å². The molecule has 168 valence electrons. The van der Waals surface area contributed by atoms with Gasteiger partial charge in [-0.2, -0.15) is 18.3 Å². The van der Waals surface area contributed by atoms with Crippen LogP contribution in [-0.2, 0) is 19.0 Å². The van der Waals surface area contributed by atoms with Gasteiger partial charge in [0.05, 0.1) is 5.69 Å². The van der Waals surface area contributed by atoms with Crippen molar-refractivity contribution >= 4 is 23.2 Å². The highest BCUT2D eigenvalue weighted by atomic mass is 35.5. The Kier molecular flexibility index (Phi) is 4.96. The van der Waals surface area contributed by atoms with Gasteiger partial charge in [0.15, 0.2) is 17.0 Å². The average molecular weight is 463 g/mol. The third-order valence-corrected chi connectivity index (χ3v) is 6.92. The van der Waals surface area contributed by atoms with Gasteiger partial charge >= 0.3 is 6.18 Å². The topological polar surface area (TPSA) is 50.5 Å². The van der Waals surface area contributed by atoms with Gasteiger partial charge in [0.25, 0.3) is 5.91 Å². The van der Waals surface area contributed by atoms with Crippen molar-refractivity contribution in [2.24, 2.45) is 5.92 Å². The molecule has 1 fully saturated rings. The maximum absolute atomic E-state index is 14.3. The van der Waals surface area contributed by atoms with Gasteiger partial charge in [0, 0.05) is 23.7 Å². The number of nitrogens with zero attached hydrogens (tertiary/aromatic N) is 4. The number of likely N-dealkylation sites (tertiary alicyclic amines) is 1. The first kappa shape index (κ1) is 21.2. The second-order valence-electron chi connectivity index (χ2n) is 8.83. The van der Waals surface area contributed by atoms with Crippen molar-refractivity contribution in [2.45, 2.75) is 51.7 Å². The molecule has 1 amide bonds. The summed E-state index contributed by atoms with van der Waals surface area (Å²) in [7, 11) is 0. The van der Waals surface area contributed by atoms with Crippen LogP contribution >= 0.6 is 11.6 Å². The van der Waals surface area contributed by atoms with Crippen molar-refractivity contribution in [3.05, 3.63) is 51.8 Å². The smallest absolute Gasteiger partial charge is 0.334 e. The number of amides is 1. The van der Waals surface area contributed by atoms with E-state index in [0.29, 0.717) is 24.4 Å². The third-order valence-electron chi connectivity index (χ3n) is 6.57. The Morgan fingerprint density at radius 2 is 1.91 bits per heavy atom. The van der Waals surface area contributed by atoms with Crippen LogP contribution in [0.3, 0.4) is 0 Å². The van der Waals surface area contributed by atoms with E-state index in [-0.39, 0.29) is 40.1 Å². The molecular weight excluding hydrogens is 441 g/mol. The van der Waals surface area contributed by atoms with Gasteiger partial charge in [0.1, 0.15) is 5.02 Å². The molecule has 2 atom stereocenters. The molecule has 0 N–H and O–H groups in total. The normalized spacial score (nSPS) is 20.9. The second kappa shape index (κ2) is 7.47. The van der Waals surface area contributed by atoms with Crippen LogP contribution in [0.1, 0.15) is 54.0 Å². The van der Waals surface area contributed by atoms with Crippen molar-refractivity contribution in [1.29, 1.82) is 0 Å². The molecule has 5 rings (SSSR count). The van der Waals surface area contributed by atoms with E-state index in [1.165, 1.54) is 0 Å². The zero-order valence-corrected chi connectivity index (χ0v) is 18.5. The summed E-state index contributed by atoms with van der Waals surface area (Å²) < 4.78 is 43.5. The molecule has 0 saturated carbocycles. The molecule has 9 heteroatoms. The van der Waals surface area contributed by atoms with Gasteiger partial charge in [-0.3, -0.25) is 4.79 Å². The van der Waals surface area contributed by atoms with Gasteiger partial charge < -0.3 is 4.90 Å². The minimum absolute atomic E-state index is 0.0327. The molecule has 3 aromatic rings. The Morgan fingerprint density at radius 1 is 1.16 bits per heavy atom. The minimum Gasteiger partial charge on any atom is -0.334 e. The number of piperidine rings is 1. The molecule has 0 unspecified atom stereocenters. The summed E-state index contributed by atoms with van der Waals surface area (Å²) in [5.74, 6) is -0.148.